The van der Waals surface area contributed by atoms with Crippen LogP contribution in [0.25, 0.3) is 0 Å². The van der Waals surface area contributed by atoms with Crippen LogP contribution in [0.1, 0.15) is 78.1 Å². The largest absolute Gasteiger partial charge is 0.489 e. The highest BCUT2D eigenvalue weighted by Crippen LogP contribution is 2.55. The van der Waals surface area contributed by atoms with Crippen LogP contribution in [0.2, 0.25) is 0 Å². The van der Waals surface area contributed by atoms with Gasteiger partial charge in [-0.3, -0.25) is 9.69 Å². The number of anilines is 2. The van der Waals surface area contributed by atoms with E-state index in [1.165, 1.54) is 13.3 Å². The number of methoxy groups -OCH3 is 1. The van der Waals surface area contributed by atoms with Crippen molar-refractivity contribution in [1.29, 1.82) is 5.26 Å². The molecule has 0 atom stereocenters. The van der Waals surface area contributed by atoms with Crippen molar-refractivity contribution >= 4 is 23.4 Å². The molecule has 3 heterocycles. The van der Waals surface area contributed by atoms with Gasteiger partial charge in [0.15, 0.2) is 5.69 Å². The van der Waals surface area contributed by atoms with E-state index < -0.39 is 5.97 Å². The van der Waals surface area contributed by atoms with Gasteiger partial charge < -0.3 is 24.6 Å². The Hall–Kier alpha value is -4.69. The predicted octanol–water partition coefficient (Wildman–Crippen LogP) is 5.40. The minimum Gasteiger partial charge on any atom is -0.489 e. The van der Waals surface area contributed by atoms with Crippen molar-refractivity contribution in [2.75, 3.05) is 62.7 Å². The highest BCUT2D eigenvalue weighted by Gasteiger charge is 2.64. The fraction of sp³-hybridized carbons (Fsp3) is 0.525. The molecular weight excluding hydrogens is 642 g/mol. The van der Waals surface area contributed by atoms with Crippen molar-refractivity contribution in [1.82, 2.24) is 20.2 Å². The summed E-state index contributed by atoms with van der Waals surface area (Å²) in [5.74, 6) is 1.66. The van der Waals surface area contributed by atoms with Gasteiger partial charge in [-0.1, -0.05) is 27.7 Å². The van der Waals surface area contributed by atoms with Gasteiger partial charge in [-0.05, 0) is 80.1 Å². The summed E-state index contributed by atoms with van der Waals surface area (Å²) in [4.78, 5) is 41.0. The maximum Gasteiger partial charge on any atom is 0.358 e. The number of hydrogen-bond acceptors (Lipinski definition) is 10. The van der Waals surface area contributed by atoms with E-state index in [-0.39, 0.29) is 34.6 Å². The monoisotopic (exact) mass is 693 g/mol. The number of esters is 1. The Morgan fingerprint density at radius 3 is 2.08 bits per heavy atom. The summed E-state index contributed by atoms with van der Waals surface area (Å²) in [7, 11) is 1.34. The number of nitriles is 1. The lowest BCUT2D eigenvalue weighted by atomic mass is 9.49. The number of ether oxygens (including phenoxy) is 2. The summed E-state index contributed by atoms with van der Waals surface area (Å²) in [5.41, 5.74) is 3.96. The molecule has 1 saturated carbocycles. The van der Waals surface area contributed by atoms with Crippen LogP contribution >= 0.6 is 0 Å². The molecule has 3 aromatic rings. The third-order valence-electron chi connectivity index (χ3n) is 11.3. The minimum absolute atomic E-state index is 0.0692. The molecule has 0 spiro atoms. The maximum atomic E-state index is 13.5. The zero-order valence-corrected chi connectivity index (χ0v) is 31.0. The third-order valence-corrected chi connectivity index (χ3v) is 11.3. The van der Waals surface area contributed by atoms with Gasteiger partial charge in [0.2, 0.25) is 0 Å². The average molecular weight is 694 g/mol. The van der Waals surface area contributed by atoms with Gasteiger partial charge in [0.25, 0.3) is 5.91 Å². The number of carbonyl (C=O) groups is 2. The Balaban J connectivity index is 0.960. The number of aryl methyl sites for hydroxylation is 2. The first-order valence-electron chi connectivity index (χ1n) is 18.0. The van der Waals surface area contributed by atoms with Crippen LogP contribution in [-0.2, 0) is 4.74 Å². The number of hydrogen-bond donors (Lipinski definition) is 1. The molecule has 1 N–H and O–H groups in total. The molecule has 11 heteroatoms. The Morgan fingerprint density at radius 1 is 0.902 bits per heavy atom. The van der Waals surface area contributed by atoms with Gasteiger partial charge in [-0.2, -0.15) is 5.26 Å². The van der Waals surface area contributed by atoms with E-state index in [0.717, 1.165) is 87.0 Å². The molecule has 3 fully saturated rings. The van der Waals surface area contributed by atoms with E-state index in [1.54, 1.807) is 6.20 Å². The Labute approximate surface area is 301 Å². The Kier molecular flexibility index (Phi) is 10.3. The van der Waals surface area contributed by atoms with E-state index in [1.807, 2.05) is 38.1 Å². The van der Waals surface area contributed by atoms with E-state index in [0.29, 0.717) is 17.0 Å². The van der Waals surface area contributed by atoms with Crippen molar-refractivity contribution in [3.8, 4) is 11.8 Å². The lowest BCUT2D eigenvalue weighted by Gasteiger charge is -2.63. The van der Waals surface area contributed by atoms with Gasteiger partial charge in [-0.25, -0.2) is 14.8 Å². The molecule has 1 aromatic heterocycles. The van der Waals surface area contributed by atoms with Crippen LogP contribution in [0.3, 0.4) is 0 Å². The Bertz CT molecular complexity index is 1730. The fourth-order valence-corrected chi connectivity index (χ4v) is 8.74. The SMILES string of the molecule is COC(=O)c1cnc(N2CCN(CC3CCN(c4ccc(C(=O)NC5C(C)(C)C(Oc6cc(C)c(C#N)c(C)c6)C5(C)C)cc4)CC3)CC2)cn1. The van der Waals surface area contributed by atoms with Crippen LogP contribution in [0, 0.1) is 41.9 Å². The van der Waals surface area contributed by atoms with Gasteiger partial charge in [0, 0.05) is 73.9 Å². The number of aromatic nitrogens is 2. The standard InChI is InChI=1S/C40H51N7O4/c1-26-20-31(21-27(2)32(26)22-41)51-38-39(3,4)37(40(38,5)6)44-35(48)29-8-10-30(11-9-29)46-14-12-28(13-15-46)25-45-16-18-47(19-17-45)34-24-42-33(23-43-34)36(49)50-7/h8-11,20-21,23-24,28,37-38H,12-19,25H2,1-7H3,(H,44,48). The first-order valence-corrected chi connectivity index (χ1v) is 18.0. The molecule has 11 nitrogen and oxygen atoms in total. The highest BCUT2D eigenvalue weighted by atomic mass is 16.5. The van der Waals surface area contributed by atoms with Crippen LogP contribution in [0.5, 0.6) is 5.75 Å². The second kappa shape index (κ2) is 14.5. The molecule has 51 heavy (non-hydrogen) atoms. The summed E-state index contributed by atoms with van der Waals surface area (Å²) < 4.78 is 11.3. The van der Waals surface area contributed by atoms with Gasteiger partial charge in [-0.15, -0.1) is 0 Å². The molecule has 1 amide bonds. The van der Waals surface area contributed by atoms with E-state index in [4.69, 9.17) is 9.47 Å². The lowest BCUT2D eigenvalue weighted by molar-refractivity contribution is -0.164. The molecule has 3 aliphatic rings. The summed E-state index contributed by atoms with van der Waals surface area (Å²) in [6, 6.07) is 14.1. The van der Waals surface area contributed by atoms with E-state index >= 15 is 0 Å². The topological polar surface area (TPSA) is 124 Å². The second-order valence-electron chi connectivity index (χ2n) is 15.6. The summed E-state index contributed by atoms with van der Waals surface area (Å²) >= 11 is 0. The van der Waals surface area contributed by atoms with Crippen molar-refractivity contribution in [2.45, 2.75) is 66.5 Å². The first kappa shape index (κ1) is 36.1. The van der Waals surface area contributed by atoms with Gasteiger partial charge >= 0.3 is 5.97 Å². The van der Waals surface area contributed by atoms with Crippen molar-refractivity contribution < 1.29 is 19.1 Å². The minimum atomic E-state index is -0.476. The van der Waals surface area contributed by atoms with Crippen LogP contribution in [0.15, 0.2) is 48.8 Å². The van der Waals surface area contributed by atoms with Gasteiger partial charge in [0.1, 0.15) is 17.7 Å². The van der Waals surface area contributed by atoms with Crippen LogP contribution in [-0.4, -0.2) is 91.8 Å². The first-order chi connectivity index (χ1) is 24.3. The zero-order chi connectivity index (χ0) is 36.5. The molecule has 270 valence electrons. The molecule has 2 saturated heterocycles. The molecule has 1 aliphatic carbocycles. The molecule has 0 unspecified atom stereocenters. The molecule has 2 aromatic carbocycles. The summed E-state index contributed by atoms with van der Waals surface area (Å²) in [5, 5.41) is 12.8. The molecule has 0 radical (unpaired) electrons. The van der Waals surface area contributed by atoms with E-state index in [2.05, 4.69) is 75.9 Å². The number of piperidine rings is 1. The number of nitrogens with zero attached hydrogens (tertiary/aromatic N) is 6. The fourth-order valence-electron chi connectivity index (χ4n) is 8.74. The van der Waals surface area contributed by atoms with E-state index in [9.17, 15) is 14.9 Å². The maximum absolute atomic E-state index is 13.5. The average Bonchev–Trinajstić information content (AvgIpc) is 3.13. The number of rotatable bonds is 9. The van der Waals surface area contributed by atoms with Gasteiger partial charge in [0.05, 0.1) is 31.1 Å². The predicted molar refractivity (Wildman–Crippen MR) is 197 cm³/mol. The zero-order valence-electron chi connectivity index (χ0n) is 31.0. The number of nitrogens with one attached hydrogen (secondary N) is 1. The number of carbonyl (C=O) groups excluding carboxylic acids is 2. The third kappa shape index (κ3) is 7.38. The quantitative estimate of drug-likeness (QED) is 0.292. The Morgan fingerprint density at radius 2 is 1.53 bits per heavy atom. The smallest absolute Gasteiger partial charge is 0.358 e. The lowest BCUT2D eigenvalue weighted by Crippen LogP contribution is -2.74. The molecule has 6 rings (SSSR count). The molecule has 0 bridgehead atoms. The second-order valence-corrected chi connectivity index (χ2v) is 15.6. The number of amides is 1. The number of benzene rings is 2. The van der Waals surface area contributed by atoms with Crippen molar-refractivity contribution in [2.24, 2.45) is 16.7 Å². The van der Waals surface area contributed by atoms with Crippen molar-refractivity contribution in [3.63, 3.8) is 0 Å². The molecule has 2 aliphatic heterocycles. The summed E-state index contributed by atoms with van der Waals surface area (Å²) in [6.45, 7) is 19.3. The van der Waals surface area contributed by atoms with Crippen LogP contribution in [0.4, 0.5) is 11.5 Å². The molecular formula is C40H51N7O4. The number of piperazine rings is 1. The summed E-state index contributed by atoms with van der Waals surface area (Å²) in [6.07, 6.45) is 5.30. The van der Waals surface area contributed by atoms with Crippen LogP contribution < -0.4 is 19.9 Å². The normalized spacial score (nSPS) is 21.7. The van der Waals surface area contributed by atoms with Crippen molar-refractivity contribution in [3.05, 3.63) is 76.7 Å². The highest BCUT2D eigenvalue weighted by molar-refractivity contribution is 5.95.